The first-order valence-electron chi connectivity index (χ1n) is 7.92. The van der Waals surface area contributed by atoms with E-state index in [0.29, 0.717) is 45.4 Å². The lowest BCUT2D eigenvalue weighted by Gasteiger charge is -2.14. The van der Waals surface area contributed by atoms with Gasteiger partial charge in [-0.2, -0.15) is 0 Å². The lowest BCUT2D eigenvalue weighted by Crippen LogP contribution is -2.03. The van der Waals surface area contributed by atoms with Crippen molar-refractivity contribution in [3.05, 3.63) is 47.0 Å². The molecule has 0 bridgehead atoms. The van der Waals surface area contributed by atoms with E-state index in [-0.39, 0.29) is 5.78 Å². The minimum atomic E-state index is -0.139. The van der Waals surface area contributed by atoms with Gasteiger partial charge in [0.25, 0.3) is 0 Å². The van der Waals surface area contributed by atoms with Crippen molar-refractivity contribution < 1.29 is 23.7 Å². The van der Waals surface area contributed by atoms with E-state index in [1.54, 1.807) is 50.4 Å². The number of rotatable bonds is 7. The number of anilines is 1. The number of nitrogens with two attached hydrogens (primary N) is 1. The zero-order valence-electron chi connectivity index (χ0n) is 15.6. The number of ether oxygens (including phenoxy) is 4. The van der Waals surface area contributed by atoms with Gasteiger partial charge in [-0.15, -0.1) is 0 Å². The van der Waals surface area contributed by atoms with Crippen molar-refractivity contribution in [2.45, 2.75) is 6.92 Å². The molecule has 0 aliphatic rings. The number of Topliss-reactive ketones (excluding diaryl/α,β-unsaturated/α-hetero) is 1. The number of hydrogen-bond donors (Lipinski definition) is 1. The molecule has 0 radical (unpaired) electrons. The van der Waals surface area contributed by atoms with Gasteiger partial charge in [-0.05, 0) is 48.9 Å². The second-order valence-electron chi connectivity index (χ2n) is 5.54. The van der Waals surface area contributed by atoms with Gasteiger partial charge in [0.1, 0.15) is 5.75 Å². The summed E-state index contributed by atoms with van der Waals surface area (Å²) in [6.45, 7) is 1.74. The molecule has 2 N–H and O–H groups in total. The number of nitrogen functional groups attached to an aromatic ring is 1. The Labute approximate surface area is 153 Å². The lowest BCUT2D eigenvalue weighted by molar-refractivity contribution is 0.103. The fraction of sp³-hybridized carbons (Fsp3) is 0.250. The van der Waals surface area contributed by atoms with Crippen molar-refractivity contribution in [1.29, 1.82) is 0 Å². The Morgan fingerprint density at radius 3 is 2.12 bits per heavy atom. The smallest absolute Gasteiger partial charge is 0.203 e. The first kappa shape index (κ1) is 19.2. The van der Waals surface area contributed by atoms with Crippen LogP contribution in [0.3, 0.4) is 0 Å². The molecule has 2 aromatic carbocycles. The summed E-state index contributed by atoms with van der Waals surface area (Å²) >= 11 is 0. The third kappa shape index (κ3) is 3.74. The van der Waals surface area contributed by atoms with Crippen LogP contribution in [0, 0.1) is 0 Å². The minimum absolute atomic E-state index is 0.139. The summed E-state index contributed by atoms with van der Waals surface area (Å²) in [6.07, 6.45) is 1.74. The van der Waals surface area contributed by atoms with Gasteiger partial charge in [0.15, 0.2) is 17.3 Å². The van der Waals surface area contributed by atoms with Crippen molar-refractivity contribution >= 4 is 17.5 Å². The second kappa shape index (κ2) is 8.29. The van der Waals surface area contributed by atoms with Crippen LogP contribution in [0.5, 0.6) is 23.0 Å². The Kier molecular flexibility index (Phi) is 6.11. The molecule has 2 aromatic rings. The molecule has 2 rings (SSSR count). The summed E-state index contributed by atoms with van der Waals surface area (Å²) in [4.78, 5) is 12.7. The molecule has 0 spiro atoms. The molecule has 0 heterocycles. The summed E-state index contributed by atoms with van der Waals surface area (Å²) in [5, 5.41) is 0. The Balaban J connectivity index is 2.44. The molecule has 0 aliphatic carbocycles. The third-order valence-corrected chi connectivity index (χ3v) is 3.96. The summed E-state index contributed by atoms with van der Waals surface area (Å²) in [6, 6.07) is 8.51. The lowest BCUT2D eigenvalue weighted by atomic mass is 10.0. The second-order valence-corrected chi connectivity index (χ2v) is 5.54. The average Bonchev–Trinajstić information content (AvgIpc) is 2.67. The van der Waals surface area contributed by atoms with E-state index in [1.165, 1.54) is 21.3 Å². The molecular formula is C20H23NO5. The highest BCUT2D eigenvalue weighted by Gasteiger charge is 2.16. The van der Waals surface area contributed by atoms with E-state index in [4.69, 9.17) is 24.7 Å². The van der Waals surface area contributed by atoms with Gasteiger partial charge in [0, 0.05) is 11.1 Å². The van der Waals surface area contributed by atoms with E-state index in [0.717, 1.165) is 0 Å². The first-order chi connectivity index (χ1) is 12.5. The Hall–Kier alpha value is -3.15. The van der Waals surface area contributed by atoms with Gasteiger partial charge in [0.2, 0.25) is 5.75 Å². The number of carbonyl (C=O) groups excluding carboxylic acids is 1. The largest absolute Gasteiger partial charge is 0.495 e. The molecule has 0 saturated heterocycles. The molecule has 0 atom stereocenters. The highest BCUT2D eigenvalue weighted by molar-refractivity contribution is 6.11. The van der Waals surface area contributed by atoms with Crippen LogP contribution in [-0.4, -0.2) is 34.2 Å². The van der Waals surface area contributed by atoms with E-state index < -0.39 is 0 Å². The fourth-order valence-corrected chi connectivity index (χ4v) is 2.62. The van der Waals surface area contributed by atoms with E-state index in [2.05, 4.69) is 0 Å². The SMILES string of the molecule is COc1cc(C(=O)/C(C)=C/c2ccc(OC)c(OC)c2OC)ccc1N. The van der Waals surface area contributed by atoms with Crippen LogP contribution in [0.25, 0.3) is 6.08 Å². The van der Waals surface area contributed by atoms with Crippen LogP contribution >= 0.6 is 0 Å². The van der Waals surface area contributed by atoms with Gasteiger partial charge in [-0.3, -0.25) is 4.79 Å². The van der Waals surface area contributed by atoms with E-state index in [9.17, 15) is 4.79 Å². The molecule has 0 aromatic heterocycles. The third-order valence-electron chi connectivity index (χ3n) is 3.96. The molecule has 6 heteroatoms. The Morgan fingerprint density at radius 2 is 1.54 bits per heavy atom. The molecule has 0 unspecified atom stereocenters. The quantitative estimate of drug-likeness (QED) is 0.463. The average molecular weight is 357 g/mol. The molecule has 6 nitrogen and oxygen atoms in total. The van der Waals surface area contributed by atoms with Gasteiger partial charge < -0.3 is 24.7 Å². The molecule has 0 saturated carbocycles. The standard InChI is InChI=1S/C20H23NO5/c1-12(18(22)13-6-8-15(21)17(11-13)24-3)10-14-7-9-16(23-2)20(26-5)19(14)25-4/h6-11H,21H2,1-5H3/b12-10+. The van der Waals surface area contributed by atoms with Crippen molar-refractivity contribution in [2.75, 3.05) is 34.2 Å². The van der Waals surface area contributed by atoms with E-state index in [1.807, 2.05) is 0 Å². The fourth-order valence-electron chi connectivity index (χ4n) is 2.62. The van der Waals surface area contributed by atoms with Crippen molar-refractivity contribution in [3.8, 4) is 23.0 Å². The summed E-state index contributed by atoms with van der Waals surface area (Å²) in [5.41, 5.74) is 8.01. The van der Waals surface area contributed by atoms with Crippen LogP contribution in [-0.2, 0) is 0 Å². The predicted octanol–water partition coefficient (Wildman–Crippen LogP) is 3.59. The molecule has 0 fully saturated rings. The molecule has 138 valence electrons. The zero-order chi connectivity index (χ0) is 19.3. The number of methoxy groups -OCH3 is 4. The predicted molar refractivity (Wildman–Crippen MR) is 101 cm³/mol. The molecule has 0 amide bonds. The minimum Gasteiger partial charge on any atom is -0.495 e. The van der Waals surface area contributed by atoms with Gasteiger partial charge in [-0.1, -0.05) is 0 Å². The zero-order valence-corrected chi connectivity index (χ0v) is 15.6. The summed E-state index contributed by atoms with van der Waals surface area (Å²) in [7, 11) is 6.14. The van der Waals surface area contributed by atoms with Gasteiger partial charge >= 0.3 is 0 Å². The maximum Gasteiger partial charge on any atom is 0.203 e. The van der Waals surface area contributed by atoms with Crippen LogP contribution in [0.4, 0.5) is 5.69 Å². The monoisotopic (exact) mass is 357 g/mol. The maximum absolute atomic E-state index is 12.7. The molecule has 26 heavy (non-hydrogen) atoms. The van der Waals surface area contributed by atoms with Crippen molar-refractivity contribution in [1.82, 2.24) is 0 Å². The number of ketones is 1. The van der Waals surface area contributed by atoms with E-state index >= 15 is 0 Å². The van der Waals surface area contributed by atoms with Crippen LogP contribution in [0.15, 0.2) is 35.9 Å². The number of carbonyl (C=O) groups is 1. The van der Waals surface area contributed by atoms with Crippen molar-refractivity contribution in [3.63, 3.8) is 0 Å². The van der Waals surface area contributed by atoms with Crippen molar-refractivity contribution in [2.24, 2.45) is 0 Å². The number of benzene rings is 2. The highest BCUT2D eigenvalue weighted by atomic mass is 16.5. The molecule has 0 aliphatic heterocycles. The summed E-state index contributed by atoms with van der Waals surface area (Å²) < 4.78 is 21.3. The summed E-state index contributed by atoms with van der Waals surface area (Å²) in [5.74, 6) is 1.84. The van der Waals surface area contributed by atoms with Gasteiger partial charge in [0.05, 0.1) is 34.1 Å². The van der Waals surface area contributed by atoms with Crippen LogP contribution < -0.4 is 24.7 Å². The first-order valence-corrected chi connectivity index (χ1v) is 7.92. The topological polar surface area (TPSA) is 80.0 Å². The maximum atomic E-state index is 12.7. The normalized spacial score (nSPS) is 11.0. The number of allylic oxidation sites excluding steroid dienone is 1. The van der Waals surface area contributed by atoms with Crippen LogP contribution in [0.2, 0.25) is 0 Å². The Bertz CT molecular complexity index is 842. The van der Waals surface area contributed by atoms with Crippen LogP contribution in [0.1, 0.15) is 22.8 Å². The Morgan fingerprint density at radius 1 is 0.885 bits per heavy atom. The highest BCUT2D eigenvalue weighted by Crippen LogP contribution is 2.40. The van der Waals surface area contributed by atoms with Gasteiger partial charge in [-0.25, -0.2) is 0 Å². The number of hydrogen-bond acceptors (Lipinski definition) is 6. The molecular weight excluding hydrogens is 334 g/mol.